The molecule has 0 heterocycles. The average molecular weight is 983 g/mol. The summed E-state index contributed by atoms with van der Waals surface area (Å²) in [7, 11) is 0. The SMILES string of the molecule is CCCCCCCC/C=C\CCCCCCCC(=O)C(C(N)=O)C(O)(C(N)=O)C(C(N)=O)(C(=O)CCCCCCC/C=C\CCCCCCCC)C(=O)CCCCCCC/C=C\CCCCCCCC. The summed E-state index contributed by atoms with van der Waals surface area (Å²) in [6.07, 6.45) is 52.0. The number of amides is 3. The minimum atomic E-state index is -3.58. The third-order valence-corrected chi connectivity index (χ3v) is 14.2. The number of carbonyl (C=O) groups excluding carboxylic acids is 6. The quantitative estimate of drug-likeness (QED) is 0.0264. The monoisotopic (exact) mass is 982 g/mol. The molecular weight excluding hydrogens is 875 g/mol. The van der Waals surface area contributed by atoms with Crippen molar-refractivity contribution >= 4 is 35.1 Å². The number of carbonyl (C=O) groups is 6. The highest BCUT2D eigenvalue weighted by atomic mass is 16.3. The highest BCUT2D eigenvalue weighted by molar-refractivity contribution is 6.29. The average Bonchev–Trinajstić information content (AvgIpc) is 3.32. The van der Waals surface area contributed by atoms with Crippen molar-refractivity contribution in [3.05, 3.63) is 36.5 Å². The van der Waals surface area contributed by atoms with Gasteiger partial charge in [-0.3, -0.25) is 28.8 Å². The predicted octanol–water partition coefficient (Wildman–Crippen LogP) is 14.6. The Labute approximate surface area is 428 Å². The highest BCUT2D eigenvalue weighted by Crippen LogP contribution is 2.43. The molecule has 0 fully saturated rings. The van der Waals surface area contributed by atoms with E-state index >= 15 is 0 Å². The number of aliphatic hydroxyl groups is 1. The second-order valence-corrected chi connectivity index (χ2v) is 20.4. The Bertz CT molecular complexity index is 1420. The number of rotatable bonds is 53. The van der Waals surface area contributed by atoms with Gasteiger partial charge >= 0.3 is 0 Å². The van der Waals surface area contributed by atoms with Crippen LogP contribution in [0.2, 0.25) is 0 Å². The molecule has 70 heavy (non-hydrogen) atoms. The molecule has 2 unspecified atom stereocenters. The van der Waals surface area contributed by atoms with Crippen LogP contribution >= 0.6 is 0 Å². The zero-order valence-corrected chi connectivity index (χ0v) is 45.4. The Morgan fingerprint density at radius 2 is 0.600 bits per heavy atom. The maximum atomic E-state index is 14.5. The summed E-state index contributed by atoms with van der Waals surface area (Å²) in [6.45, 7) is 6.67. The Morgan fingerprint density at radius 1 is 0.357 bits per heavy atom. The number of primary amides is 3. The van der Waals surface area contributed by atoms with Crippen molar-refractivity contribution in [2.75, 3.05) is 0 Å². The van der Waals surface area contributed by atoms with Crippen LogP contribution in [0.25, 0.3) is 0 Å². The van der Waals surface area contributed by atoms with Crippen molar-refractivity contribution in [3.63, 3.8) is 0 Å². The first-order valence-corrected chi connectivity index (χ1v) is 29.1. The lowest BCUT2D eigenvalue weighted by Crippen LogP contribution is -2.74. The fraction of sp³-hybridized carbons (Fsp3) is 0.800. The second-order valence-electron chi connectivity index (χ2n) is 20.4. The van der Waals surface area contributed by atoms with Crippen molar-refractivity contribution in [2.24, 2.45) is 28.5 Å². The molecule has 0 bridgehead atoms. The molecule has 0 aromatic carbocycles. The van der Waals surface area contributed by atoms with Crippen LogP contribution in [0.4, 0.5) is 0 Å². The third kappa shape index (κ3) is 29.2. The van der Waals surface area contributed by atoms with Crippen LogP contribution in [-0.4, -0.2) is 45.8 Å². The maximum absolute atomic E-state index is 14.5. The predicted molar refractivity (Wildman–Crippen MR) is 292 cm³/mol. The molecular formula is C60H107N3O7. The topological polar surface area (TPSA) is 201 Å². The van der Waals surface area contributed by atoms with Crippen LogP contribution in [0.5, 0.6) is 0 Å². The Hall–Kier alpha value is -3.40. The van der Waals surface area contributed by atoms with Gasteiger partial charge in [-0.25, -0.2) is 0 Å². The smallest absolute Gasteiger partial charge is 0.252 e. The Balaban J connectivity index is 5.73. The first kappa shape index (κ1) is 66.6. The molecule has 7 N–H and O–H groups in total. The number of allylic oxidation sites excluding steroid dienone is 6. The minimum absolute atomic E-state index is 0.237. The fourth-order valence-electron chi connectivity index (χ4n) is 9.79. The largest absolute Gasteiger partial charge is 0.377 e. The number of hydrogen-bond donors (Lipinski definition) is 4. The Kier molecular flexibility index (Phi) is 43.3. The van der Waals surface area contributed by atoms with Crippen LogP contribution < -0.4 is 17.2 Å². The molecule has 3 amide bonds. The minimum Gasteiger partial charge on any atom is -0.377 e. The van der Waals surface area contributed by atoms with E-state index < -0.39 is 52.0 Å². The van der Waals surface area contributed by atoms with Crippen LogP contribution in [0, 0.1) is 11.3 Å². The summed E-state index contributed by atoms with van der Waals surface area (Å²) in [5.74, 6) is -10.4. The number of nitrogens with two attached hydrogens (primary N) is 3. The summed E-state index contributed by atoms with van der Waals surface area (Å²) >= 11 is 0. The van der Waals surface area contributed by atoms with Gasteiger partial charge in [0.2, 0.25) is 17.2 Å². The second kappa shape index (κ2) is 45.5. The van der Waals surface area contributed by atoms with Gasteiger partial charge in [-0.15, -0.1) is 0 Å². The maximum Gasteiger partial charge on any atom is 0.252 e. The van der Waals surface area contributed by atoms with Crippen LogP contribution in [0.1, 0.15) is 290 Å². The molecule has 0 aromatic heterocycles. The van der Waals surface area contributed by atoms with E-state index in [0.29, 0.717) is 25.7 Å². The molecule has 0 aliphatic heterocycles. The number of unbranched alkanes of at least 4 members (excludes halogenated alkanes) is 33. The van der Waals surface area contributed by atoms with Gasteiger partial charge in [0.25, 0.3) is 5.91 Å². The molecule has 0 aromatic rings. The van der Waals surface area contributed by atoms with E-state index in [1.165, 1.54) is 116 Å². The molecule has 0 spiro atoms. The number of hydrogen-bond acceptors (Lipinski definition) is 7. The van der Waals surface area contributed by atoms with E-state index in [4.69, 9.17) is 17.2 Å². The molecule has 0 radical (unpaired) electrons. The van der Waals surface area contributed by atoms with E-state index in [1.54, 1.807) is 0 Å². The molecule has 0 rings (SSSR count). The fourth-order valence-corrected chi connectivity index (χ4v) is 9.79. The molecule has 0 aliphatic carbocycles. The molecule has 10 nitrogen and oxygen atoms in total. The van der Waals surface area contributed by atoms with Crippen LogP contribution in [0.15, 0.2) is 36.5 Å². The summed E-state index contributed by atoms with van der Waals surface area (Å²) in [6, 6.07) is 0. The zero-order valence-electron chi connectivity index (χ0n) is 45.4. The highest BCUT2D eigenvalue weighted by Gasteiger charge is 2.72. The van der Waals surface area contributed by atoms with E-state index in [0.717, 1.165) is 96.3 Å². The summed E-state index contributed by atoms with van der Waals surface area (Å²) in [4.78, 5) is 83.4. The first-order chi connectivity index (χ1) is 33.9. The van der Waals surface area contributed by atoms with Gasteiger partial charge in [0.05, 0.1) is 0 Å². The van der Waals surface area contributed by atoms with Gasteiger partial charge in [0.1, 0.15) is 11.7 Å². The molecule has 404 valence electrons. The van der Waals surface area contributed by atoms with Crippen molar-refractivity contribution in [3.8, 4) is 0 Å². The number of ketones is 3. The molecule has 0 saturated carbocycles. The lowest BCUT2D eigenvalue weighted by Gasteiger charge is -2.43. The molecule has 10 heteroatoms. The third-order valence-electron chi connectivity index (χ3n) is 14.2. The normalized spacial score (nSPS) is 13.4. The van der Waals surface area contributed by atoms with Crippen LogP contribution in [0.3, 0.4) is 0 Å². The van der Waals surface area contributed by atoms with Gasteiger partial charge in [-0.2, -0.15) is 0 Å². The van der Waals surface area contributed by atoms with Gasteiger partial charge in [0.15, 0.2) is 17.2 Å². The number of Topliss-reactive ketones (excluding diaryl/α,β-unsaturated/α-hetero) is 3. The van der Waals surface area contributed by atoms with Gasteiger partial charge in [-0.1, -0.05) is 211 Å². The summed E-state index contributed by atoms with van der Waals surface area (Å²) < 4.78 is 0. The van der Waals surface area contributed by atoms with Crippen molar-refractivity contribution < 1.29 is 33.9 Å². The van der Waals surface area contributed by atoms with E-state index in [-0.39, 0.29) is 32.1 Å². The zero-order chi connectivity index (χ0) is 52.0. The van der Waals surface area contributed by atoms with Crippen LogP contribution in [-0.2, 0) is 28.8 Å². The molecule has 0 saturated heterocycles. The Morgan fingerprint density at radius 3 is 0.843 bits per heavy atom. The molecule has 2 atom stereocenters. The van der Waals surface area contributed by atoms with E-state index in [2.05, 4.69) is 57.2 Å². The standard InChI is InChI=1S/C60H107N3O7/c1-4-7-10-13-16-19-22-25-28-31-34-37-40-43-46-49-52(64)55(56(61)67)60(70,58(63)69)59(57(62)68,53(65)50-47-44-41-38-35-32-29-26-23-20-17-14-11-8-5-2)54(66)51-48-45-42-39-36-33-30-27-24-21-18-15-12-9-6-3/h25-30,55,70H,4-24,31-51H2,1-3H3,(H2,61,67)(H2,62,68)(H2,63,69)/b28-25-,29-26-,30-27-. The summed E-state index contributed by atoms with van der Waals surface area (Å²) in [5, 5.41) is 12.4. The van der Waals surface area contributed by atoms with Crippen molar-refractivity contribution in [1.29, 1.82) is 0 Å². The van der Waals surface area contributed by atoms with Gasteiger partial charge < -0.3 is 22.3 Å². The van der Waals surface area contributed by atoms with Crippen molar-refractivity contribution in [2.45, 2.75) is 296 Å². The molecule has 0 aliphatic rings. The summed E-state index contributed by atoms with van der Waals surface area (Å²) in [5.41, 5.74) is 10.7. The van der Waals surface area contributed by atoms with E-state index in [1.807, 2.05) is 0 Å². The first-order valence-electron chi connectivity index (χ1n) is 29.1. The van der Waals surface area contributed by atoms with Gasteiger partial charge in [-0.05, 0) is 96.3 Å². The van der Waals surface area contributed by atoms with E-state index in [9.17, 15) is 33.9 Å². The van der Waals surface area contributed by atoms with Gasteiger partial charge in [0, 0.05) is 19.3 Å². The lowest BCUT2D eigenvalue weighted by atomic mass is 9.57. The van der Waals surface area contributed by atoms with Crippen molar-refractivity contribution in [1.82, 2.24) is 0 Å². The lowest BCUT2D eigenvalue weighted by molar-refractivity contribution is -0.185.